The van der Waals surface area contributed by atoms with E-state index in [4.69, 9.17) is 18.5 Å². The molecule has 564 valence electrons. The third kappa shape index (κ3) is 80.7. The maximum Gasteiger partial charge on any atom is 0.306 e. The van der Waals surface area contributed by atoms with Crippen molar-refractivity contribution in [3.8, 4) is 0 Å². The van der Waals surface area contributed by atoms with Gasteiger partial charge in [-0.1, -0.05) is 389 Å². The number of esters is 2. The van der Waals surface area contributed by atoms with Crippen LogP contribution >= 0.6 is 7.82 Å². The Morgan fingerprint density at radius 3 is 0.833 bits per heavy atom. The Labute approximate surface area is 597 Å². The van der Waals surface area contributed by atoms with Gasteiger partial charge in [0.2, 0.25) is 0 Å². The molecule has 0 spiro atoms. The minimum absolute atomic E-state index is 0.0283. The average molecular weight is 1370 g/mol. The van der Waals surface area contributed by atoms with Gasteiger partial charge in [-0.25, -0.2) is 0 Å². The second kappa shape index (κ2) is 76.9. The quantitative estimate of drug-likeness (QED) is 0.0195. The second-order valence-corrected chi connectivity index (χ2v) is 31.3. The molecule has 0 fully saturated rings. The van der Waals surface area contributed by atoms with Gasteiger partial charge in [0.15, 0.2) is 6.10 Å². The van der Waals surface area contributed by atoms with E-state index in [1.54, 1.807) is 0 Å². The van der Waals surface area contributed by atoms with Crippen LogP contribution in [0.1, 0.15) is 425 Å². The number of quaternary nitrogens is 1. The van der Waals surface area contributed by atoms with E-state index in [2.05, 4.69) is 74.6 Å². The molecule has 0 aromatic heterocycles. The van der Waals surface area contributed by atoms with Crippen LogP contribution in [-0.4, -0.2) is 70.0 Å². The predicted octanol–water partition coefficient (Wildman–Crippen LogP) is 27.4. The number of nitrogens with zero attached hydrogens (tertiary/aromatic N) is 1. The fourth-order valence-corrected chi connectivity index (χ4v) is 13.3. The van der Waals surface area contributed by atoms with E-state index in [1.165, 1.54) is 340 Å². The van der Waals surface area contributed by atoms with Crippen molar-refractivity contribution in [2.75, 3.05) is 47.5 Å². The Balaban J connectivity index is 3.89. The van der Waals surface area contributed by atoms with Crippen molar-refractivity contribution >= 4 is 19.8 Å². The zero-order valence-electron chi connectivity index (χ0n) is 64.6. The van der Waals surface area contributed by atoms with Gasteiger partial charge in [0.05, 0.1) is 27.7 Å². The number of ether oxygens (including phenoxy) is 2. The zero-order chi connectivity index (χ0) is 69.7. The van der Waals surface area contributed by atoms with Crippen LogP contribution in [0.2, 0.25) is 0 Å². The summed E-state index contributed by atoms with van der Waals surface area (Å²) in [5.41, 5.74) is 0. The molecule has 0 aliphatic rings. The Morgan fingerprint density at radius 1 is 0.323 bits per heavy atom. The first-order chi connectivity index (χ1) is 47.0. The van der Waals surface area contributed by atoms with Crippen LogP contribution in [0.5, 0.6) is 0 Å². The Hall–Kier alpha value is -2.29. The second-order valence-electron chi connectivity index (χ2n) is 29.8. The van der Waals surface area contributed by atoms with Crippen molar-refractivity contribution in [3.63, 3.8) is 0 Å². The molecule has 0 radical (unpaired) electrons. The van der Waals surface area contributed by atoms with Crippen LogP contribution in [0, 0.1) is 0 Å². The number of unbranched alkanes of at least 4 members (excludes halogenated alkanes) is 55. The van der Waals surface area contributed by atoms with Crippen LogP contribution in [-0.2, 0) is 32.7 Å². The highest BCUT2D eigenvalue weighted by atomic mass is 31.2. The highest BCUT2D eigenvalue weighted by Crippen LogP contribution is 2.38. The first-order valence-corrected chi connectivity index (χ1v) is 43.5. The number of allylic oxidation sites excluding steroid dienone is 10. The summed E-state index contributed by atoms with van der Waals surface area (Å²) in [6, 6.07) is 0. The molecule has 0 aliphatic carbocycles. The van der Waals surface area contributed by atoms with Crippen LogP contribution in [0.4, 0.5) is 0 Å². The number of carbonyl (C=O) groups excluding carboxylic acids is 2. The molecule has 0 N–H and O–H groups in total. The number of hydrogen-bond donors (Lipinski definition) is 0. The van der Waals surface area contributed by atoms with Crippen molar-refractivity contribution < 1.29 is 42.1 Å². The molecule has 0 amide bonds. The minimum Gasteiger partial charge on any atom is -0.756 e. The molecule has 0 aromatic rings. The maximum atomic E-state index is 12.9. The first-order valence-electron chi connectivity index (χ1n) is 42.0. The summed E-state index contributed by atoms with van der Waals surface area (Å²) in [5, 5.41) is 0. The molecule has 0 saturated carbocycles. The standard InChI is InChI=1S/C86H162NO8P/c1-6-8-10-12-14-16-18-20-22-24-26-28-30-32-34-36-38-40-42-43-45-47-49-51-53-55-57-59-61-63-65-67-69-71-73-75-77-79-86(89)95-84(83-94-96(90,91)93-81-80-87(3,4)5)82-92-85(88)78-76-74-72-70-68-66-64-62-60-58-56-54-52-50-48-46-44-41-39-37-35-33-31-29-27-25-23-21-19-17-15-13-11-9-7-2/h18-21,24-27,30,32,84H,6-17,22-23,28-29,31,33-83H2,1-5H3/b20-18-,21-19-,26-24-,27-25-,32-30-. The van der Waals surface area contributed by atoms with Gasteiger partial charge in [0, 0.05) is 12.8 Å². The number of phosphoric acid groups is 1. The molecule has 2 atom stereocenters. The highest BCUT2D eigenvalue weighted by molar-refractivity contribution is 7.45. The van der Waals surface area contributed by atoms with Crippen LogP contribution in [0.25, 0.3) is 0 Å². The van der Waals surface area contributed by atoms with Crippen LogP contribution in [0.15, 0.2) is 60.8 Å². The number of hydrogen-bond acceptors (Lipinski definition) is 8. The van der Waals surface area contributed by atoms with Crippen molar-refractivity contribution in [2.24, 2.45) is 0 Å². The fraction of sp³-hybridized carbons (Fsp3) is 0.860. The number of rotatable bonds is 79. The number of likely N-dealkylation sites (N-methyl/N-ethyl adjacent to an activating group) is 1. The van der Waals surface area contributed by atoms with Crippen LogP contribution < -0.4 is 4.89 Å². The lowest BCUT2D eigenvalue weighted by Gasteiger charge is -2.28. The monoisotopic (exact) mass is 1370 g/mol. The lowest BCUT2D eigenvalue weighted by molar-refractivity contribution is -0.870. The van der Waals surface area contributed by atoms with Crippen molar-refractivity contribution in [3.05, 3.63) is 60.8 Å². The van der Waals surface area contributed by atoms with E-state index in [9.17, 15) is 19.0 Å². The highest BCUT2D eigenvalue weighted by Gasteiger charge is 2.22. The van der Waals surface area contributed by atoms with Crippen LogP contribution in [0.3, 0.4) is 0 Å². The van der Waals surface area contributed by atoms with Gasteiger partial charge < -0.3 is 27.9 Å². The maximum absolute atomic E-state index is 12.9. The molecule has 0 aromatic carbocycles. The molecule has 0 bridgehead atoms. The molecule has 0 rings (SSSR count). The number of carbonyl (C=O) groups is 2. The lowest BCUT2D eigenvalue weighted by Crippen LogP contribution is -2.37. The van der Waals surface area contributed by atoms with E-state index in [1.807, 2.05) is 21.1 Å². The summed E-state index contributed by atoms with van der Waals surface area (Å²) in [7, 11) is 1.19. The molecular weight excluding hydrogens is 1210 g/mol. The van der Waals surface area contributed by atoms with E-state index >= 15 is 0 Å². The van der Waals surface area contributed by atoms with E-state index < -0.39 is 26.5 Å². The Bertz CT molecular complexity index is 1800. The summed E-state index contributed by atoms with van der Waals surface area (Å²) < 4.78 is 34.5. The van der Waals surface area contributed by atoms with Gasteiger partial charge in [-0.05, 0) is 83.5 Å². The average Bonchev–Trinajstić information content (AvgIpc) is 2.72. The zero-order valence-corrected chi connectivity index (χ0v) is 65.5. The van der Waals surface area contributed by atoms with Crippen molar-refractivity contribution in [1.29, 1.82) is 0 Å². The third-order valence-electron chi connectivity index (χ3n) is 19.0. The van der Waals surface area contributed by atoms with E-state index in [0.717, 1.165) is 51.4 Å². The summed E-state index contributed by atoms with van der Waals surface area (Å²) >= 11 is 0. The SMILES string of the molecule is CCCCCCC/C=C\C/C=C\C/C=C\CCCCCCCCCCCCCCCCCCCCCCCCC(=O)OC(COC(=O)CCCCCCCCCCCCCCCCCCCCCCCCC/C=C\C/C=C\CCCCCCC)COP(=O)([O-])OCC[N+](C)(C)C. The summed E-state index contributed by atoms with van der Waals surface area (Å²) in [6.07, 6.45) is 104. The topological polar surface area (TPSA) is 111 Å². The van der Waals surface area contributed by atoms with E-state index in [-0.39, 0.29) is 32.0 Å². The molecule has 0 heterocycles. The number of phosphoric ester groups is 1. The van der Waals surface area contributed by atoms with Crippen molar-refractivity contribution in [1.82, 2.24) is 0 Å². The fourth-order valence-electron chi connectivity index (χ4n) is 12.6. The van der Waals surface area contributed by atoms with Gasteiger partial charge in [-0.2, -0.15) is 0 Å². The van der Waals surface area contributed by atoms with E-state index in [0.29, 0.717) is 17.4 Å². The summed E-state index contributed by atoms with van der Waals surface area (Å²) in [4.78, 5) is 38.2. The smallest absolute Gasteiger partial charge is 0.306 e. The van der Waals surface area contributed by atoms with Gasteiger partial charge in [0.1, 0.15) is 19.8 Å². The van der Waals surface area contributed by atoms with Gasteiger partial charge in [-0.15, -0.1) is 0 Å². The summed E-state index contributed by atoms with van der Waals surface area (Å²) in [5.74, 6) is -0.809. The first kappa shape index (κ1) is 93.7. The minimum atomic E-state index is -4.64. The van der Waals surface area contributed by atoms with Gasteiger partial charge >= 0.3 is 11.9 Å². The predicted molar refractivity (Wildman–Crippen MR) is 416 cm³/mol. The van der Waals surface area contributed by atoms with Gasteiger partial charge in [0.25, 0.3) is 7.82 Å². The molecule has 96 heavy (non-hydrogen) atoms. The molecule has 9 nitrogen and oxygen atoms in total. The Kier molecular flexibility index (Phi) is 75.0. The Morgan fingerprint density at radius 2 is 0.562 bits per heavy atom. The normalized spacial score (nSPS) is 13.3. The molecule has 0 aliphatic heterocycles. The third-order valence-corrected chi connectivity index (χ3v) is 20.0. The van der Waals surface area contributed by atoms with Gasteiger partial charge in [-0.3, -0.25) is 14.2 Å². The van der Waals surface area contributed by atoms with Crippen molar-refractivity contribution in [2.45, 2.75) is 431 Å². The molecule has 2 unspecified atom stereocenters. The summed E-state index contributed by atoms with van der Waals surface area (Å²) in [6.45, 7) is 4.29. The molecule has 0 saturated heterocycles. The largest absolute Gasteiger partial charge is 0.756 e. The lowest BCUT2D eigenvalue weighted by atomic mass is 10.0. The molecule has 10 heteroatoms. The molecular formula is C86H162NO8P.